The molecule has 3 rings (SSSR count). The highest BCUT2D eigenvalue weighted by atomic mass is 16.5. The summed E-state index contributed by atoms with van der Waals surface area (Å²) in [7, 11) is 1.69. The third-order valence-electron chi connectivity index (χ3n) is 5.21. The zero-order valence-electron chi connectivity index (χ0n) is 15.8. The summed E-state index contributed by atoms with van der Waals surface area (Å²) in [6.45, 7) is 9.33. The average molecular weight is 362 g/mol. The zero-order valence-corrected chi connectivity index (χ0v) is 15.8. The number of carbonyl (C=O) groups is 1. The predicted molar refractivity (Wildman–Crippen MR) is 102 cm³/mol. The number of hydrogen-bond donors (Lipinski definition) is 1. The number of benzene rings is 1. The number of amides is 2. The molecule has 1 atom stereocenters. The second-order valence-electron chi connectivity index (χ2n) is 6.83. The van der Waals surface area contributed by atoms with Crippen LogP contribution in [0.15, 0.2) is 24.3 Å². The fourth-order valence-electron chi connectivity index (χ4n) is 3.54. The zero-order chi connectivity index (χ0) is 18.4. The normalized spacial score (nSPS) is 19.9. The van der Waals surface area contributed by atoms with Crippen LogP contribution in [0.4, 0.5) is 10.5 Å². The van der Waals surface area contributed by atoms with Gasteiger partial charge in [-0.1, -0.05) is 12.1 Å². The number of anilines is 1. The number of urea groups is 1. The summed E-state index contributed by atoms with van der Waals surface area (Å²) in [5.41, 5.74) is 1.09. The van der Waals surface area contributed by atoms with E-state index in [0.29, 0.717) is 12.6 Å². The van der Waals surface area contributed by atoms with Crippen LogP contribution in [0.25, 0.3) is 0 Å². The van der Waals surface area contributed by atoms with Gasteiger partial charge in [-0.15, -0.1) is 0 Å². The van der Waals surface area contributed by atoms with Crippen molar-refractivity contribution in [2.75, 3.05) is 71.0 Å². The lowest BCUT2D eigenvalue weighted by Gasteiger charge is -2.37. The van der Waals surface area contributed by atoms with Crippen LogP contribution in [0.1, 0.15) is 6.92 Å². The fourth-order valence-corrected chi connectivity index (χ4v) is 3.54. The Morgan fingerprint density at radius 1 is 1.15 bits per heavy atom. The van der Waals surface area contributed by atoms with Crippen LogP contribution in [0, 0.1) is 0 Å². The fraction of sp³-hybridized carbons (Fsp3) is 0.632. The molecule has 0 radical (unpaired) electrons. The highest BCUT2D eigenvalue weighted by Crippen LogP contribution is 2.28. The molecule has 2 amide bonds. The first-order valence-electron chi connectivity index (χ1n) is 9.41. The minimum Gasteiger partial charge on any atom is -0.495 e. The Labute approximate surface area is 155 Å². The van der Waals surface area contributed by atoms with Gasteiger partial charge in [0, 0.05) is 51.9 Å². The molecule has 0 spiro atoms. The molecule has 144 valence electrons. The Morgan fingerprint density at radius 3 is 2.54 bits per heavy atom. The standard InChI is InChI=1S/C19H30N4O3/c1-16(21-11-13-26-14-12-21)15-20-19(24)23-9-7-22(8-10-23)17-5-3-4-6-18(17)25-2/h3-6,16H,7-15H2,1-2H3,(H,20,24). The van der Waals surface area contributed by atoms with Crippen molar-refractivity contribution in [3.05, 3.63) is 24.3 Å². The number of methoxy groups -OCH3 is 1. The molecule has 0 bridgehead atoms. The van der Waals surface area contributed by atoms with Crippen molar-refractivity contribution in [3.63, 3.8) is 0 Å². The molecule has 26 heavy (non-hydrogen) atoms. The van der Waals surface area contributed by atoms with Gasteiger partial charge in [0.2, 0.25) is 0 Å². The molecular formula is C19H30N4O3. The number of nitrogens with one attached hydrogen (secondary N) is 1. The molecule has 7 nitrogen and oxygen atoms in total. The van der Waals surface area contributed by atoms with Gasteiger partial charge in [0.05, 0.1) is 26.0 Å². The van der Waals surface area contributed by atoms with E-state index < -0.39 is 0 Å². The van der Waals surface area contributed by atoms with Gasteiger partial charge in [-0.05, 0) is 19.1 Å². The van der Waals surface area contributed by atoms with Crippen molar-refractivity contribution in [2.24, 2.45) is 0 Å². The van der Waals surface area contributed by atoms with Crippen LogP contribution in [-0.4, -0.2) is 88.0 Å². The highest BCUT2D eigenvalue weighted by Gasteiger charge is 2.24. The van der Waals surface area contributed by atoms with E-state index >= 15 is 0 Å². The predicted octanol–water partition coefficient (Wildman–Crippen LogP) is 1.25. The van der Waals surface area contributed by atoms with E-state index in [1.807, 2.05) is 23.1 Å². The summed E-state index contributed by atoms with van der Waals surface area (Å²) in [6.07, 6.45) is 0. The van der Waals surface area contributed by atoms with Crippen LogP contribution in [0.2, 0.25) is 0 Å². The number of ether oxygens (including phenoxy) is 2. The lowest BCUT2D eigenvalue weighted by Crippen LogP contribution is -2.54. The molecule has 0 aromatic heterocycles. The van der Waals surface area contributed by atoms with Gasteiger partial charge in [0.15, 0.2) is 0 Å². The summed E-state index contributed by atoms with van der Waals surface area (Å²) in [5.74, 6) is 0.879. The Kier molecular flexibility index (Phi) is 6.57. The molecule has 1 aromatic carbocycles. The Hall–Kier alpha value is -1.99. The lowest BCUT2D eigenvalue weighted by atomic mass is 10.2. The van der Waals surface area contributed by atoms with Crippen LogP contribution in [-0.2, 0) is 4.74 Å². The van der Waals surface area contributed by atoms with Crippen LogP contribution in [0.3, 0.4) is 0 Å². The minimum atomic E-state index is 0.0322. The van der Waals surface area contributed by atoms with Crippen LogP contribution < -0.4 is 15.0 Å². The van der Waals surface area contributed by atoms with Crippen molar-refractivity contribution >= 4 is 11.7 Å². The minimum absolute atomic E-state index is 0.0322. The van der Waals surface area contributed by atoms with Gasteiger partial charge in [-0.25, -0.2) is 4.79 Å². The number of carbonyl (C=O) groups excluding carboxylic acids is 1. The Bertz CT molecular complexity index is 584. The summed E-state index contributed by atoms with van der Waals surface area (Å²) >= 11 is 0. The summed E-state index contributed by atoms with van der Waals surface area (Å²) in [5, 5.41) is 3.09. The largest absolute Gasteiger partial charge is 0.495 e. The summed E-state index contributed by atoms with van der Waals surface area (Å²) in [4.78, 5) is 19.0. The van der Waals surface area contributed by atoms with Crippen molar-refractivity contribution in [1.29, 1.82) is 0 Å². The van der Waals surface area contributed by atoms with Crippen molar-refractivity contribution in [1.82, 2.24) is 15.1 Å². The molecule has 0 saturated carbocycles. The van der Waals surface area contributed by atoms with Gasteiger partial charge in [-0.3, -0.25) is 4.90 Å². The average Bonchev–Trinajstić information content (AvgIpc) is 2.72. The first-order valence-corrected chi connectivity index (χ1v) is 9.41. The van der Waals surface area contributed by atoms with Crippen LogP contribution in [0.5, 0.6) is 5.75 Å². The number of piperazine rings is 1. The van der Waals surface area contributed by atoms with E-state index in [1.54, 1.807) is 7.11 Å². The molecular weight excluding hydrogens is 332 g/mol. The number of para-hydroxylation sites is 2. The molecule has 7 heteroatoms. The first kappa shape index (κ1) is 18.8. The van der Waals surface area contributed by atoms with Crippen molar-refractivity contribution < 1.29 is 14.3 Å². The summed E-state index contributed by atoms with van der Waals surface area (Å²) < 4.78 is 10.8. The van der Waals surface area contributed by atoms with Gasteiger partial charge in [-0.2, -0.15) is 0 Å². The molecule has 2 heterocycles. The molecule has 1 aromatic rings. The molecule has 1 N–H and O–H groups in total. The van der Waals surface area contributed by atoms with E-state index in [2.05, 4.69) is 28.1 Å². The monoisotopic (exact) mass is 362 g/mol. The van der Waals surface area contributed by atoms with Gasteiger partial charge < -0.3 is 24.6 Å². The topological polar surface area (TPSA) is 57.3 Å². The quantitative estimate of drug-likeness (QED) is 0.854. The Morgan fingerprint density at radius 2 is 1.85 bits per heavy atom. The van der Waals surface area contributed by atoms with Gasteiger partial charge >= 0.3 is 6.03 Å². The summed E-state index contributed by atoms with van der Waals surface area (Å²) in [6, 6.07) is 8.40. The molecule has 1 unspecified atom stereocenters. The van der Waals surface area contributed by atoms with E-state index in [9.17, 15) is 4.79 Å². The third-order valence-corrected chi connectivity index (χ3v) is 5.21. The molecule has 2 saturated heterocycles. The number of nitrogens with zero attached hydrogens (tertiary/aromatic N) is 3. The van der Waals surface area contributed by atoms with Crippen molar-refractivity contribution in [3.8, 4) is 5.75 Å². The van der Waals surface area contributed by atoms with E-state index in [1.165, 1.54) is 0 Å². The molecule has 2 fully saturated rings. The maximum atomic E-state index is 12.5. The number of morpholine rings is 1. The third kappa shape index (κ3) is 4.59. The SMILES string of the molecule is COc1ccccc1N1CCN(C(=O)NCC(C)N2CCOCC2)CC1. The second kappa shape index (κ2) is 9.09. The maximum Gasteiger partial charge on any atom is 0.317 e. The lowest BCUT2D eigenvalue weighted by molar-refractivity contribution is 0.0206. The smallest absolute Gasteiger partial charge is 0.317 e. The highest BCUT2D eigenvalue weighted by molar-refractivity contribution is 5.74. The van der Waals surface area contributed by atoms with E-state index in [0.717, 1.165) is 63.9 Å². The second-order valence-corrected chi connectivity index (χ2v) is 6.83. The number of hydrogen-bond acceptors (Lipinski definition) is 5. The van der Waals surface area contributed by atoms with E-state index in [4.69, 9.17) is 9.47 Å². The van der Waals surface area contributed by atoms with E-state index in [-0.39, 0.29) is 6.03 Å². The van der Waals surface area contributed by atoms with Gasteiger partial charge in [0.1, 0.15) is 5.75 Å². The van der Waals surface area contributed by atoms with Crippen molar-refractivity contribution in [2.45, 2.75) is 13.0 Å². The maximum absolute atomic E-state index is 12.5. The number of rotatable bonds is 5. The molecule has 2 aliphatic rings. The first-order chi connectivity index (χ1) is 12.7. The van der Waals surface area contributed by atoms with Gasteiger partial charge in [0.25, 0.3) is 0 Å². The Balaban J connectivity index is 1.44. The molecule has 0 aliphatic carbocycles. The molecule has 2 aliphatic heterocycles. The van der Waals surface area contributed by atoms with Crippen LogP contribution >= 0.6 is 0 Å².